The summed E-state index contributed by atoms with van der Waals surface area (Å²) in [6.07, 6.45) is 0. The minimum Gasteiger partial charge on any atom is -0.399 e. The summed E-state index contributed by atoms with van der Waals surface area (Å²) in [7, 11) is 1.85. The number of hydrogen-bond donors (Lipinski definition) is 3. The largest absolute Gasteiger partial charge is 0.399 e. The van der Waals surface area contributed by atoms with E-state index >= 15 is 0 Å². The van der Waals surface area contributed by atoms with E-state index in [2.05, 4.69) is 24.7 Å². The molecule has 13 heavy (non-hydrogen) atoms. The molecule has 0 aliphatic heterocycles. The molecule has 72 valence electrons. The van der Waals surface area contributed by atoms with Crippen LogP contribution >= 0.6 is 0 Å². The molecule has 0 amide bonds. The first-order valence-electron chi connectivity index (χ1n) is 4.47. The minimum atomic E-state index is 0.472. The van der Waals surface area contributed by atoms with Gasteiger partial charge in [-0.25, -0.2) is 5.43 Å². The standard InChI is InChI=1S/C10H17N3/c1-7(2)9-6-8(11)4-5-10(9)13-12-3/h4-7,12-13H,11H2,1-3H3. The van der Waals surface area contributed by atoms with Gasteiger partial charge in [-0.3, -0.25) is 0 Å². The second-order valence-electron chi connectivity index (χ2n) is 3.38. The number of nitrogen functional groups attached to an aromatic ring is 1. The molecule has 1 rings (SSSR count). The van der Waals surface area contributed by atoms with Crippen molar-refractivity contribution >= 4 is 11.4 Å². The van der Waals surface area contributed by atoms with Gasteiger partial charge in [0.15, 0.2) is 0 Å². The van der Waals surface area contributed by atoms with Gasteiger partial charge in [-0.15, -0.1) is 0 Å². The van der Waals surface area contributed by atoms with Gasteiger partial charge in [0.2, 0.25) is 0 Å². The Balaban J connectivity index is 3.03. The van der Waals surface area contributed by atoms with Gasteiger partial charge in [0.25, 0.3) is 0 Å². The molecule has 0 unspecified atom stereocenters. The molecule has 3 nitrogen and oxygen atoms in total. The SMILES string of the molecule is CNNc1ccc(N)cc1C(C)C. The van der Waals surface area contributed by atoms with Crippen molar-refractivity contribution in [2.24, 2.45) is 0 Å². The van der Waals surface area contributed by atoms with Crippen LogP contribution in [0.25, 0.3) is 0 Å². The third-order valence-electron chi connectivity index (χ3n) is 1.96. The number of rotatable bonds is 3. The highest BCUT2D eigenvalue weighted by Gasteiger charge is 2.05. The van der Waals surface area contributed by atoms with Gasteiger partial charge in [0.1, 0.15) is 0 Å². The summed E-state index contributed by atoms with van der Waals surface area (Å²) in [5.74, 6) is 0.472. The lowest BCUT2D eigenvalue weighted by Gasteiger charge is -2.14. The van der Waals surface area contributed by atoms with Crippen molar-refractivity contribution in [3.8, 4) is 0 Å². The Morgan fingerprint density at radius 2 is 2.00 bits per heavy atom. The maximum absolute atomic E-state index is 5.71. The van der Waals surface area contributed by atoms with Crippen molar-refractivity contribution in [1.82, 2.24) is 5.43 Å². The second kappa shape index (κ2) is 4.14. The van der Waals surface area contributed by atoms with Crippen molar-refractivity contribution in [3.05, 3.63) is 23.8 Å². The number of nitrogens with two attached hydrogens (primary N) is 1. The van der Waals surface area contributed by atoms with Crippen molar-refractivity contribution < 1.29 is 0 Å². The predicted molar refractivity (Wildman–Crippen MR) is 57.6 cm³/mol. The van der Waals surface area contributed by atoms with E-state index in [4.69, 9.17) is 5.73 Å². The van der Waals surface area contributed by atoms with Crippen molar-refractivity contribution in [2.45, 2.75) is 19.8 Å². The number of anilines is 2. The van der Waals surface area contributed by atoms with E-state index < -0.39 is 0 Å². The summed E-state index contributed by atoms with van der Waals surface area (Å²) in [4.78, 5) is 0. The average Bonchev–Trinajstić information content (AvgIpc) is 2.08. The Bertz CT molecular complexity index is 281. The Hall–Kier alpha value is -1.22. The maximum Gasteiger partial charge on any atom is 0.0523 e. The molecular formula is C10H17N3. The van der Waals surface area contributed by atoms with E-state index in [0.717, 1.165) is 11.4 Å². The lowest BCUT2D eigenvalue weighted by atomic mass is 10.0. The molecular weight excluding hydrogens is 162 g/mol. The Kier molecular flexibility index (Phi) is 3.14. The summed E-state index contributed by atoms with van der Waals surface area (Å²) < 4.78 is 0. The quantitative estimate of drug-likeness (QED) is 0.491. The third kappa shape index (κ3) is 2.36. The third-order valence-corrected chi connectivity index (χ3v) is 1.96. The molecule has 0 saturated carbocycles. The highest BCUT2D eigenvalue weighted by Crippen LogP contribution is 2.25. The first-order chi connectivity index (χ1) is 6.15. The van der Waals surface area contributed by atoms with E-state index in [1.54, 1.807) is 0 Å². The topological polar surface area (TPSA) is 50.1 Å². The highest BCUT2D eigenvalue weighted by molar-refractivity contribution is 5.58. The lowest BCUT2D eigenvalue weighted by molar-refractivity contribution is 0.858. The molecule has 0 bridgehead atoms. The molecule has 1 aromatic rings. The van der Waals surface area contributed by atoms with Crippen LogP contribution in [0.1, 0.15) is 25.3 Å². The molecule has 0 fully saturated rings. The molecule has 0 spiro atoms. The second-order valence-corrected chi connectivity index (χ2v) is 3.38. The first kappa shape index (κ1) is 9.86. The van der Waals surface area contributed by atoms with E-state index in [1.807, 2.05) is 25.2 Å². The van der Waals surface area contributed by atoms with Gasteiger partial charge in [0, 0.05) is 12.7 Å². The Morgan fingerprint density at radius 1 is 1.31 bits per heavy atom. The average molecular weight is 179 g/mol. The molecule has 0 aliphatic rings. The van der Waals surface area contributed by atoms with Gasteiger partial charge < -0.3 is 11.2 Å². The normalized spacial score (nSPS) is 10.5. The van der Waals surface area contributed by atoms with Crippen LogP contribution in [-0.2, 0) is 0 Å². The Labute approximate surface area is 79.3 Å². The maximum atomic E-state index is 5.71. The zero-order valence-electron chi connectivity index (χ0n) is 8.39. The summed E-state index contributed by atoms with van der Waals surface area (Å²) in [6, 6.07) is 5.89. The zero-order valence-corrected chi connectivity index (χ0v) is 8.39. The monoisotopic (exact) mass is 179 g/mol. The van der Waals surface area contributed by atoms with Gasteiger partial charge in [-0.2, -0.15) is 0 Å². The van der Waals surface area contributed by atoms with Crippen molar-refractivity contribution in [2.75, 3.05) is 18.2 Å². The van der Waals surface area contributed by atoms with E-state index in [1.165, 1.54) is 5.56 Å². The molecule has 0 aromatic heterocycles. The highest BCUT2D eigenvalue weighted by atomic mass is 15.3. The van der Waals surface area contributed by atoms with Crippen LogP contribution in [0, 0.1) is 0 Å². The van der Waals surface area contributed by atoms with E-state index in [9.17, 15) is 0 Å². The van der Waals surface area contributed by atoms with Crippen molar-refractivity contribution in [1.29, 1.82) is 0 Å². The van der Waals surface area contributed by atoms with E-state index in [0.29, 0.717) is 5.92 Å². The smallest absolute Gasteiger partial charge is 0.0523 e. The summed E-state index contributed by atoms with van der Waals surface area (Å²) in [5, 5.41) is 0. The first-order valence-corrected chi connectivity index (χ1v) is 4.47. The van der Waals surface area contributed by atoms with Gasteiger partial charge in [0.05, 0.1) is 5.69 Å². The van der Waals surface area contributed by atoms with Gasteiger partial charge in [-0.1, -0.05) is 13.8 Å². The number of nitrogens with one attached hydrogen (secondary N) is 2. The van der Waals surface area contributed by atoms with Crippen LogP contribution in [-0.4, -0.2) is 7.05 Å². The van der Waals surface area contributed by atoms with Crippen LogP contribution in [0.3, 0.4) is 0 Å². The summed E-state index contributed by atoms with van der Waals surface area (Å²) in [5.41, 5.74) is 14.8. The minimum absolute atomic E-state index is 0.472. The summed E-state index contributed by atoms with van der Waals surface area (Å²) >= 11 is 0. The van der Waals surface area contributed by atoms with E-state index in [-0.39, 0.29) is 0 Å². The van der Waals surface area contributed by atoms with Crippen LogP contribution in [0.4, 0.5) is 11.4 Å². The predicted octanol–water partition coefficient (Wildman–Crippen LogP) is 1.94. The fourth-order valence-electron chi connectivity index (χ4n) is 1.31. The van der Waals surface area contributed by atoms with Crippen LogP contribution in [0.2, 0.25) is 0 Å². The van der Waals surface area contributed by atoms with Crippen LogP contribution in [0.5, 0.6) is 0 Å². The lowest BCUT2D eigenvalue weighted by Crippen LogP contribution is -2.16. The molecule has 0 radical (unpaired) electrons. The number of hydrazine groups is 1. The molecule has 3 heteroatoms. The number of hydrogen-bond acceptors (Lipinski definition) is 3. The van der Waals surface area contributed by atoms with Crippen LogP contribution < -0.4 is 16.6 Å². The molecule has 0 aliphatic carbocycles. The molecule has 0 atom stereocenters. The zero-order chi connectivity index (χ0) is 9.84. The van der Waals surface area contributed by atoms with Gasteiger partial charge >= 0.3 is 0 Å². The summed E-state index contributed by atoms with van der Waals surface area (Å²) in [6.45, 7) is 4.30. The van der Waals surface area contributed by atoms with Crippen LogP contribution in [0.15, 0.2) is 18.2 Å². The molecule has 0 heterocycles. The van der Waals surface area contributed by atoms with Gasteiger partial charge in [-0.05, 0) is 29.7 Å². The fourth-order valence-corrected chi connectivity index (χ4v) is 1.31. The molecule has 0 saturated heterocycles. The molecule has 4 N–H and O–H groups in total. The Morgan fingerprint density at radius 3 is 2.54 bits per heavy atom. The van der Waals surface area contributed by atoms with Crippen molar-refractivity contribution in [3.63, 3.8) is 0 Å². The fraction of sp³-hybridized carbons (Fsp3) is 0.400. The molecule has 1 aromatic carbocycles. The number of benzene rings is 1.